The maximum Gasteiger partial charge on any atom is 0.279 e. The van der Waals surface area contributed by atoms with Gasteiger partial charge in [-0.05, 0) is 37.8 Å². The Morgan fingerprint density at radius 2 is 1.74 bits per heavy atom. The number of aryl methyl sites for hydroxylation is 1. The second kappa shape index (κ2) is 8.55. The molecule has 1 aromatic carbocycles. The van der Waals surface area contributed by atoms with Gasteiger partial charge in [0.05, 0.1) is 30.0 Å². The van der Waals surface area contributed by atoms with Crippen LogP contribution in [0.1, 0.15) is 31.0 Å². The summed E-state index contributed by atoms with van der Waals surface area (Å²) in [7, 11) is 1.53. The number of carbonyl (C=O) groups excluding carboxylic acids is 2. The van der Waals surface area contributed by atoms with E-state index in [0.717, 1.165) is 12.8 Å². The highest BCUT2D eigenvalue weighted by atomic mass is 16.5. The van der Waals surface area contributed by atoms with E-state index in [0.29, 0.717) is 36.1 Å². The molecule has 1 saturated heterocycles. The summed E-state index contributed by atoms with van der Waals surface area (Å²) < 4.78 is 6.52. The van der Waals surface area contributed by atoms with Gasteiger partial charge in [-0.2, -0.15) is 0 Å². The number of rotatable bonds is 6. The molecule has 4 rings (SSSR count). The summed E-state index contributed by atoms with van der Waals surface area (Å²) >= 11 is 0. The van der Waals surface area contributed by atoms with Crippen molar-refractivity contribution in [3.05, 3.63) is 57.6 Å². The van der Waals surface area contributed by atoms with Crippen LogP contribution in [0.4, 0.5) is 0 Å². The number of H-pyrrole nitrogens is 1. The van der Waals surface area contributed by atoms with Gasteiger partial charge in [-0.1, -0.05) is 25.1 Å². The van der Waals surface area contributed by atoms with Crippen molar-refractivity contribution in [2.24, 2.45) is 5.92 Å². The fourth-order valence-electron chi connectivity index (χ4n) is 4.30. The number of ether oxygens (including phenoxy) is 1. The third-order valence-corrected chi connectivity index (χ3v) is 6.10. The van der Waals surface area contributed by atoms with E-state index < -0.39 is 5.91 Å². The van der Waals surface area contributed by atoms with Crippen molar-refractivity contribution in [2.45, 2.75) is 26.7 Å². The molecule has 2 amide bonds. The highest BCUT2D eigenvalue weighted by Crippen LogP contribution is 2.33. The number of nitrogens with zero attached hydrogens (tertiary/aromatic N) is 3. The average Bonchev–Trinajstić information content (AvgIpc) is 3.19. The molecule has 2 aromatic rings. The minimum absolute atomic E-state index is 0.155. The minimum Gasteiger partial charge on any atom is -0.383 e. The molecule has 0 atom stereocenters. The first-order valence-electron chi connectivity index (χ1n) is 10.7. The van der Waals surface area contributed by atoms with Crippen molar-refractivity contribution in [3.63, 3.8) is 0 Å². The van der Waals surface area contributed by atoms with Crippen LogP contribution in [0.15, 0.2) is 40.8 Å². The van der Waals surface area contributed by atoms with E-state index in [4.69, 9.17) is 4.74 Å². The van der Waals surface area contributed by atoms with Crippen LogP contribution in [-0.2, 0) is 14.3 Å². The number of imide groups is 1. The van der Waals surface area contributed by atoms with Crippen molar-refractivity contribution in [3.8, 4) is 5.69 Å². The van der Waals surface area contributed by atoms with Crippen LogP contribution in [0.5, 0.6) is 0 Å². The van der Waals surface area contributed by atoms with Crippen LogP contribution in [0.3, 0.4) is 0 Å². The summed E-state index contributed by atoms with van der Waals surface area (Å²) in [6, 6.07) is 9.18. The molecule has 0 aliphatic carbocycles. The number of piperidine rings is 1. The molecule has 8 nitrogen and oxygen atoms in total. The normalized spacial score (nSPS) is 17.9. The Hall–Kier alpha value is -3.13. The van der Waals surface area contributed by atoms with Gasteiger partial charge >= 0.3 is 0 Å². The molecule has 31 heavy (non-hydrogen) atoms. The number of hydrogen-bond donors (Lipinski definition) is 1. The SMILES string of the molecule is COCCN1C(=O)C(c2c(C)[nH]n(-c3ccccc3)c2=O)=C(N2CCC(C)CC2)C1=O. The average molecular weight is 425 g/mol. The summed E-state index contributed by atoms with van der Waals surface area (Å²) in [5.74, 6) is -0.214. The van der Waals surface area contributed by atoms with Gasteiger partial charge in [0, 0.05) is 25.9 Å². The lowest BCUT2D eigenvalue weighted by Crippen LogP contribution is -2.39. The molecule has 1 fully saturated rings. The zero-order valence-electron chi connectivity index (χ0n) is 18.2. The number of amides is 2. The van der Waals surface area contributed by atoms with Gasteiger partial charge in [0.25, 0.3) is 17.4 Å². The number of aromatic amines is 1. The number of benzene rings is 1. The predicted molar refractivity (Wildman–Crippen MR) is 117 cm³/mol. The van der Waals surface area contributed by atoms with Crippen molar-refractivity contribution >= 4 is 17.4 Å². The minimum atomic E-state index is -0.435. The van der Waals surface area contributed by atoms with E-state index in [-0.39, 0.29) is 35.8 Å². The summed E-state index contributed by atoms with van der Waals surface area (Å²) in [6.45, 7) is 5.72. The van der Waals surface area contributed by atoms with Gasteiger partial charge in [0.2, 0.25) is 0 Å². The molecule has 1 N–H and O–H groups in total. The smallest absolute Gasteiger partial charge is 0.279 e. The second-order valence-electron chi connectivity index (χ2n) is 8.24. The van der Waals surface area contributed by atoms with Crippen LogP contribution in [-0.4, -0.2) is 64.7 Å². The Balaban J connectivity index is 1.84. The molecule has 2 aliphatic heterocycles. The zero-order chi connectivity index (χ0) is 22.1. The molecule has 0 spiro atoms. The summed E-state index contributed by atoms with van der Waals surface area (Å²) in [5.41, 5.74) is 1.69. The van der Waals surface area contributed by atoms with E-state index in [1.807, 2.05) is 35.2 Å². The zero-order valence-corrected chi connectivity index (χ0v) is 18.2. The molecule has 3 heterocycles. The predicted octanol–water partition coefficient (Wildman–Crippen LogP) is 1.93. The first-order chi connectivity index (χ1) is 14.9. The molecule has 0 saturated carbocycles. The van der Waals surface area contributed by atoms with E-state index in [1.165, 1.54) is 16.7 Å². The Morgan fingerprint density at radius 3 is 2.39 bits per heavy atom. The number of nitrogens with one attached hydrogen (secondary N) is 1. The monoisotopic (exact) mass is 424 g/mol. The lowest BCUT2D eigenvalue weighted by atomic mass is 9.97. The highest BCUT2D eigenvalue weighted by Gasteiger charge is 2.43. The molecule has 0 unspecified atom stereocenters. The van der Waals surface area contributed by atoms with Crippen LogP contribution in [0, 0.1) is 12.8 Å². The Bertz CT molecular complexity index is 1070. The molecule has 164 valence electrons. The maximum absolute atomic E-state index is 13.4. The fourth-order valence-corrected chi connectivity index (χ4v) is 4.30. The molecule has 0 bridgehead atoms. The lowest BCUT2D eigenvalue weighted by Gasteiger charge is -2.32. The third kappa shape index (κ3) is 3.72. The molecule has 8 heteroatoms. The third-order valence-electron chi connectivity index (χ3n) is 6.10. The van der Waals surface area contributed by atoms with Gasteiger partial charge < -0.3 is 9.64 Å². The quantitative estimate of drug-likeness (QED) is 0.716. The first-order valence-corrected chi connectivity index (χ1v) is 10.7. The van der Waals surface area contributed by atoms with Crippen molar-refractivity contribution in [2.75, 3.05) is 33.4 Å². The maximum atomic E-state index is 13.4. The van der Waals surface area contributed by atoms with E-state index in [9.17, 15) is 14.4 Å². The van der Waals surface area contributed by atoms with Gasteiger partial charge in [-0.3, -0.25) is 24.4 Å². The fraction of sp³-hybridized carbons (Fsp3) is 0.435. The van der Waals surface area contributed by atoms with E-state index >= 15 is 0 Å². The number of hydrogen-bond acceptors (Lipinski definition) is 5. The van der Waals surface area contributed by atoms with Crippen LogP contribution in [0.2, 0.25) is 0 Å². The number of likely N-dealkylation sites (tertiary alicyclic amines) is 1. The molecular formula is C23H28N4O4. The summed E-state index contributed by atoms with van der Waals surface area (Å²) in [4.78, 5) is 43.3. The topological polar surface area (TPSA) is 87.6 Å². The second-order valence-corrected chi connectivity index (χ2v) is 8.24. The van der Waals surface area contributed by atoms with Gasteiger partial charge in [0.15, 0.2) is 0 Å². The van der Waals surface area contributed by atoms with Gasteiger partial charge in [-0.15, -0.1) is 0 Å². The number of aromatic nitrogens is 2. The van der Waals surface area contributed by atoms with Crippen LogP contribution < -0.4 is 5.56 Å². The number of para-hydroxylation sites is 1. The van der Waals surface area contributed by atoms with Crippen LogP contribution in [0.25, 0.3) is 11.3 Å². The summed E-state index contributed by atoms with van der Waals surface area (Å²) in [5, 5.41) is 3.07. The molecule has 2 aliphatic rings. The van der Waals surface area contributed by atoms with Crippen molar-refractivity contribution in [1.29, 1.82) is 0 Å². The van der Waals surface area contributed by atoms with Crippen molar-refractivity contribution in [1.82, 2.24) is 19.6 Å². The largest absolute Gasteiger partial charge is 0.383 e. The Kier molecular flexibility index (Phi) is 5.82. The highest BCUT2D eigenvalue weighted by molar-refractivity contribution is 6.35. The first kappa shape index (κ1) is 21.1. The van der Waals surface area contributed by atoms with Crippen molar-refractivity contribution < 1.29 is 14.3 Å². The Labute approximate surface area is 181 Å². The van der Waals surface area contributed by atoms with Crippen LogP contribution >= 0.6 is 0 Å². The van der Waals surface area contributed by atoms with Gasteiger partial charge in [0.1, 0.15) is 5.70 Å². The molecule has 1 aromatic heterocycles. The standard InChI is InChI=1S/C23H28N4O4/c1-15-9-11-25(12-10-15)20-19(21(28)26(23(20)30)13-14-31-3)18-16(2)24-27(22(18)29)17-7-5-4-6-8-17/h4-8,15,24H,9-14H2,1-3H3. The molecule has 0 radical (unpaired) electrons. The van der Waals surface area contributed by atoms with E-state index in [1.54, 1.807) is 6.92 Å². The van der Waals surface area contributed by atoms with E-state index in [2.05, 4.69) is 12.0 Å². The van der Waals surface area contributed by atoms with Gasteiger partial charge in [-0.25, -0.2) is 4.68 Å². The summed E-state index contributed by atoms with van der Waals surface area (Å²) in [6.07, 6.45) is 1.88. The lowest BCUT2D eigenvalue weighted by molar-refractivity contribution is -0.138. The number of carbonyl (C=O) groups is 2. The molecular weight excluding hydrogens is 396 g/mol. The number of methoxy groups -OCH3 is 1. The Morgan fingerprint density at radius 1 is 1.06 bits per heavy atom.